The van der Waals surface area contributed by atoms with Gasteiger partial charge in [-0.2, -0.15) is 8.42 Å². The molecule has 74 valence electrons. The molecule has 1 N–H and O–H groups in total. The van der Waals surface area contributed by atoms with Crippen molar-refractivity contribution in [2.75, 3.05) is 7.11 Å². The van der Waals surface area contributed by atoms with Crippen molar-refractivity contribution in [3.63, 3.8) is 0 Å². The first kappa shape index (κ1) is 11.6. The Hall–Kier alpha value is -0.370. The van der Waals surface area contributed by atoms with Gasteiger partial charge >= 0.3 is 10.4 Å². The van der Waals surface area contributed by atoms with Crippen LogP contribution in [0.5, 0.6) is 0 Å². The van der Waals surface area contributed by atoms with Crippen LogP contribution in [0.1, 0.15) is 0 Å². The summed E-state index contributed by atoms with van der Waals surface area (Å²) in [6.07, 6.45) is 0. The van der Waals surface area contributed by atoms with Gasteiger partial charge in [0.05, 0.1) is 7.11 Å². The molecule has 0 saturated carbocycles. The SMILES string of the molecule is COS(=O)(=O)OOOOOOO. The smallest absolute Gasteiger partial charge is 0.250 e. The summed E-state index contributed by atoms with van der Waals surface area (Å²) in [7, 11) is -3.48. The third-order valence-corrected chi connectivity index (χ3v) is 1.06. The predicted octanol–water partition coefficient (Wildman–Crippen LogP) is -0.975. The predicted molar refractivity (Wildman–Crippen MR) is 25.1 cm³/mol. The van der Waals surface area contributed by atoms with E-state index in [0.717, 1.165) is 7.11 Å². The summed E-state index contributed by atoms with van der Waals surface area (Å²) in [5, 5.41) is 23.4. The van der Waals surface area contributed by atoms with E-state index in [1.165, 1.54) is 0 Å². The zero-order valence-corrected chi connectivity index (χ0v) is 6.35. The van der Waals surface area contributed by atoms with Crippen LogP contribution in [-0.4, -0.2) is 20.8 Å². The maximum Gasteiger partial charge on any atom is 0.428 e. The third-order valence-electron chi connectivity index (χ3n) is 0.429. The molecule has 0 aromatic rings. The van der Waals surface area contributed by atoms with Crippen LogP contribution in [-0.2, 0) is 44.1 Å². The highest BCUT2D eigenvalue weighted by Crippen LogP contribution is 1.95. The largest absolute Gasteiger partial charge is 0.428 e. The average Bonchev–Trinajstić information content (AvgIpc) is 2.04. The Kier molecular flexibility index (Phi) is 5.99. The summed E-state index contributed by atoms with van der Waals surface area (Å²) in [5.74, 6) is 0. The minimum absolute atomic E-state index is 0.812. The monoisotopic (exact) mass is 208 g/mol. The lowest BCUT2D eigenvalue weighted by atomic mass is 11.8. The highest BCUT2D eigenvalue weighted by molar-refractivity contribution is 7.81. The van der Waals surface area contributed by atoms with Crippen molar-refractivity contribution < 1.29 is 47.4 Å². The number of hydrogen-bond acceptors (Lipinski definition) is 10. The van der Waals surface area contributed by atoms with Crippen molar-refractivity contribution in [3.8, 4) is 0 Å². The molecule has 0 radical (unpaired) electrons. The third kappa shape index (κ3) is 6.35. The van der Waals surface area contributed by atoms with Crippen LogP contribution in [0, 0.1) is 0 Å². The molecule has 0 aliphatic heterocycles. The first-order valence-corrected chi connectivity index (χ1v) is 3.42. The van der Waals surface area contributed by atoms with E-state index in [2.05, 4.69) is 33.7 Å². The maximum absolute atomic E-state index is 10.2. The zero-order chi connectivity index (χ0) is 9.45. The van der Waals surface area contributed by atoms with Crippen LogP contribution >= 0.6 is 0 Å². The molecule has 0 aromatic carbocycles. The summed E-state index contributed by atoms with van der Waals surface area (Å²) in [5.41, 5.74) is 0. The highest BCUT2D eigenvalue weighted by Gasteiger charge is 2.11. The van der Waals surface area contributed by atoms with Crippen molar-refractivity contribution in [1.29, 1.82) is 0 Å². The zero-order valence-electron chi connectivity index (χ0n) is 5.53. The van der Waals surface area contributed by atoms with E-state index in [1.807, 2.05) is 0 Å². The van der Waals surface area contributed by atoms with Gasteiger partial charge in [-0.3, -0.25) is 0 Å². The molecule has 11 heteroatoms. The summed E-state index contributed by atoms with van der Waals surface area (Å²) in [4.78, 5) is 0. The quantitative estimate of drug-likeness (QED) is 0.317. The molecule has 0 amide bonds. The van der Waals surface area contributed by atoms with Gasteiger partial charge in [0.2, 0.25) is 0 Å². The molecule has 10 nitrogen and oxygen atoms in total. The van der Waals surface area contributed by atoms with Gasteiger partial charge in [-0.15, -0.1) is 0 Å². The van der Waals surface area contributed by atoms with Gasteiger partial charge < -0.3 is 0 Å². The molecule has 0 heterocycles. The van der Waals surface area contributed by atoms with E-state index in [0.29, 0.717) is 0 Å². The molecule has 0 unspecified atom stereocenters. The maximum atomic E-state index is 10.2. The average molecular weight is 208 g/mol. The first-order chi connectivity index (χ1) is 5.62. The van der Waals surface area contributed by atoms with Crippen molar-refractivity contribution in [1.82, 2.24) is 0 Å². The van der Waals surface area contributed by atoms with Crippen LogP contribution in [0.3, 0.4) is 0 Å². The second-order valence-corrected chi connectivity index (χ2v) is 2.28. The highest BCUT2D eigenvalue weighted by atomic mass is 32.3. The molecule has 0 saturated heterocycles. The second-order valence-electron chi connectivity index (χ2n) is 0.990. The van der Waals surface area contributed by atoms with E-state index in [4.69, 9.17) is 5.26 Å². The molecule has 0 spiro atoms. The van der Waals surface area contributed by atoms with Gasteiger partial charge in [0, 0.05) is 0 Å². The number of hydrogen-bond donors (Lipinski definition) is 1. The summed E-state index contributed by atoms with van der Waals surface area (Å²) < 4.78 is 27.5. The van der Waals surface area contributed by atoms with Crippen LogP contribution in [0.15, 0.2) is 0 Å². The minimum Gasteiger partial charge on any atom is -0.250 e. The molecular formula is CH4O10S. The van der Waals surface area contributed by atoms with Crippen molar-refractivity contribution in [3.05, 3.63) is 0 Å². The molecule has 0 fully saturated rings. The Morgan fingerprint density at radius 3 is 2.17 bits per heavy atom. The van der Waals surface area contributed by atoms with E-state index in [1.54, 1.807) is 0 Å². The summed E-state index contributed by atoms with van der Waals surface area (Å²) in [6, 6.07) is 0. The second kappa shape index (κ2) is 6.18. The lowest BCUT2D eigenvalue weighted by Crippen LogP contribution is -2.09. The molecule has 0 aliphatic carbocycles. The van der Waals surface area contributed by atoms with Crippen LogP contribution in [0.2, 0.25) is 0 Å². The summed E-state index contributed by atoms with van der Waals surface area (Å²) in [6.45, 7) is 0. The van der Waals surface area contributed by atoms with Gasteiger partial charge in [0.15, 0.2) is 0 Å². The fraction of sp³-hybridized carbons (Fsp3) is 1.00. The van der Waals surface area contributed by atoms with Crippen molar-refractivity contribution in [2.45, 2.75) is 0 Å². The molecule has 0 aliphatic rings. The van der Waals surface area contributed by atoms with Gasteiger partial charge in [-0.25, -0.2) is 9.44 Å². The van der Waals surface area contributed by atoms with Crippen LogP contribution < -0.4 is 0 Å². The normalized spacial score (nSPS) is 11.8. The van der Waals surface area contributed by atoms with E-state index in [9.17, 15) is 8.42 Å². The molecule has 0 bridgehead atoms. The van der Waals surface area contributed by atoms with Crippen molar-refractivity contribution >= 4 is 10.4 Å². The molecule has 0 aromatic heterocycles. The molecule has 12 heavy (non-hydrogen) atoms. The molecule has 0 rings (SSSR count). The van der Waals surface area contributed by atoms with Crippen molar-refractivity contribution in [2.24, 2.45) is 0 Å². The Morgan fingerprint density at radius 2 is 1.67 bits per heavy atom. The molecular weight excluding hydrogens is 204 g/mol. The van der Waals surface area contributed by atoms with E-state index >= 15 is 0 Å². The van der Waals surface area contributed by atoms with Gasteiger partial charge in [0.1, 0.15) is 0 Å². The lowest BCUT2D eigenvalue weighted by molar-refractivity contribution is -0.779. The van der Waals surface area contributed by atoms with Gasteiger partial charge in [0.25, 0.3) is 0 Å². The Balaban J connectivity index is 3.32. The fourth-order valence-corrected chi connectivity index (χ4v) is 0.255. The Morgan fingerprint density at radius 1 is 1.08 bits per heavy atom. The molecule has 0 atom stereocenters. The first-order valence-electron chi connectivity index (χ1n) is 2.09. The standard InChI is InChI=1S/CH4O10S/c1-5-12(3,4)11-10-9-8-7-6-2/h2H,1H3. The topological polar surface area (TPSA) is 119 Å². The summed E-state index contributed by atoms with van der Waals surface area (Å²) >= 11 is 0. The Labute approximate surface area is 65.9 Å². The van der Waals surface area contributed by atoms with Gasteiger partial charge in [-0.1, -0.05) is 4.33 Å². The lowest BCUT2D eigenvalue weighted by Gasteiger charge is -1.97. The number of rotatable bonds is 7. The fourth-order valence-electron chi connectivity index (χ4n) is 0.108. The van der Waals surface area contributed by atoms with E-state index in [-0.39, 0.29) is 0 Å². The van der Waals surface area contributed by atoms with Gasteiger partial charge in [-0.05, 0) is 25.2 Å². The van der Waals surface area contributed by atoms with Crippen LogP contribution in [0.4, 0.5) is 0 Å². The van der Waals surface area contributed by atoms with E-state index < -0.39 is 10.4 Å². The Bertz CT molecular complexity index is 180. The minimum atomic E-state index is -4.29. The van der Waals surface area contributed by atoms with Crippen LogP contribution in [0.25, 0.3) is 0 Å².